The van der Waals surface area contributed by atoms with Gasteiger partial charge in [-0.25, -0.2) is 0 Å². The van der Waals surface area contributed by atoms with Gasteiger partial charge in [-0.05, 0) is 51.9 Å². The summed E-state index contributed by atoms with van der Waals surface area (Å²) >= 11 is 0. The maximum Gasteiger partial charge on any atom is -0.00489 e. The van der Waals surface area contributed by atoms with Crippen LogP contribution in [0.5, 0.6) is 0 Å². The van der Waals surface area contributed by atoms with Crippen LogP contribution in [0.15, 0.2) is 0 Å². The third kappa shape index (κ3) is 41.9. The third-order valence-electron chi connectivity index (χ3n) is 9.87. The molecule has 0 aromatic rings. The first-order valence-electron chi connectivity index (χ1n) is 21.3. The van der Waals surface area contributed by atoms with E-state index in [4.69, 9.17) is 0 Å². The molecule has 0 spiro atoms. The standard InChI is InChI=1S/C42H88N2/c1-3-5-7-9-11-13-15-17-19-21-23-25-27-29-31-35-39-43-41-37-33-34-38-42-44-40-36-32-30-28-26-24-22-20-18-16-14-12-10-8-6-4-2/h43-44H,3-42H2,1-2H3. The molecule has 0 heterocycles. The van der Waals surface area contributed by atoms with Crippen LogP contribution in [-0.2, 0) is 0 Å². The van der Waals surface area contributed by atoms with Crippen LogP contribution >= 0.6 is 0 Å². The lowest BCUT2D eigenvalue weighted by molar-refractivity contribution is 0.516. The van der Waals surface area contributed by atoms with Gasteiger partial charge in [-0.2, -0.15) is 0 Å². The van der Waals surface area contributed by atoms with Gasteiger partial charge in [-0.3, -0.25) is 0 Å². The Morgan fingerprint density at radius 1 is 0.182 bits per heavy atom. The Balaban J connectivity index is 3.03. The van der Waals surface area contributed by atoms with Crippen molar-refractivity contribution in [3.05, 3.63) is 0 Å². The van der Waals surface area contributed by atoms with Crippen molar-refractivity contribution in [3.63, 3.8) is 0 Å². The first-order chi connectivity index (χ1) is 21.9. The van der Waals surface area contributed by atoms with E-state index in [0.29, 0.717) is 0 Å². The van der Waals surface area contributed by atoms with Crippen molar-refractivity contribution in [2.24, 2.45) is 0 Å². The maximum atomic E-state index is 3.68. The largest absolute Gasteiger partial charge is 0.317 e. The molecule has 44 heavy (non-hydrogen) atoms. The average molecular weight is 621 g/mol. The van der Waals surface area contributed by atoms with Crippen LogP contribution in [-0.4, -0.2) is 26.2 Å². The van der Waals surface area contributed by atoms with E-state index in [-0.39, 0.29) is 0 Å². The Bertz CT molecular complexity index is 423. The van der Waals surface area contributed by atoms with E-state index in [1.807, 2.05) is 0 Å². The second kappa shape index (κ2) is 42.9. The summed E-state index contributed by atoms with van der Waals surface area (Å²) in [5.41, 5.74) is 0. The molecule has 0 aliphatic rings. The molecule has 0 aromatic carbocycles. The van der Waals surface area contributed by atoms with E-state index in [0.717, 1.165) is 0 Å². The fourth-order valence-corrected chi connectivity index (χ4v) is 6.70. The molecule has 0 saturated carbocycles. The molecule has 0 radical (unpaired) electrons. The molecular formula is C42H88N2. The van der Waals surface area contributed by atoms with Gasteiger partial charge < -0.3 is 10.6 Å². The smallest absolute Gasteiger partial charge is 0.00489 e. The minimum absolute atomic E-state index is 1.23. The van der Waals surface area contributed by atoms with Crippen molar-refractivity contribution < 1.29 is 0 Å². The summed E-state index contributed by atoms with van der Waals surface area (Å²) in [5, 5.41) is 7.37. The zero-order valence-electron chi connectivity index (χ0n) is 31.3. The maximum absolute atomic E-state index is 3.68. The summed E-state index contributed by atoms with van der Waals surface area (Å²) in [7, 11) is 0. The minimum Gasteiger partial charge on any atom is -0.317 e. The highest BCUT2D eigenvalue weighted by molar-refractivity contribution is 4.55. The SMILES string of the molecule is CCCCCCCCCCCCCCCCCCNCCCCCCNCCCCCCCCCCCCCCCCCC. The first kappa shape index (κ1) is 43.9. The molecule has 0 atom stereocenters. The Labute approximate surface area is 281 Å². The zero-order chi connectivity index (χ0) is 31.7. The van der Waals surface area contributed by atoms with Crippen molar-refractivity contribution in [3.8, 4) is 0 Å². The highest BCUT2D eigenvalue weighted by Gasteiger charge is 1.97. The van der Waals surface area contributed by atoms with Crippen LogP contribution < -0.4 is 10.6 Å². The van der Waals surface area contributed by atoms with Gasteiger partial charge in [0.15, 0.2) is 0 Å². The molecule has 0 aromatic heterocycles. The molecular weight excluding hydrogens is 532 g/mol. The molecule has 0 rings (SSSR count). The van der Waals surface area contributed by atoms with E-state index in [9.17, 15) is 0 Å². The number of nitrogens with one attached hydrogen (secondary N) is 2. The molecule has 0 saturated heterocycles. The molecule has 266 valence electrons. The van der Waals surface area contributed by atoms with Crippen LogP contribution in [0.25, 0.3) is 0 Å². The molecule has 0 unspecified atom stereocenters. The van der Waals surface area contributed by atoms with E-state index in [1.54, 1.807) is 0 Å². The van der Waals surface area contributed by atoms with Crippen molar-refractivity contribution in [2.75, 3.05) is 26.2 Å². The number of hydrogen-bond acceptors (Lipinski definition) is 2. The second-order valence-corrected chi connectivity index (χ2v) is 14.5. The van der Waals surface area contributed by atoms with Gasteiger partial charge in [0.05, 0.1) is 0 Å². The zero-order valence-corrected chi connectivity index (χ0v) is 31.3. The molecule has 2 heteroatoms. The fourth-order valence-electron chi connectivity index (χ4n) is 6.70. The van der Waals surface area contributed by atoms with E-state index in [1.165, 1.54) is 257 Å². The molecule has 0 amide bonds. The first-order valence-corrected chi connectivity index (χ1v) is 21.3. The fraction of sp³-hybridized carbons (Fsp3) is 1.00. The molecule has 0 aliphatic heterocycles. The topological polar surface area (TPSA) is 24.1 Å². The summed E-state index contributed by atoms with van der Waals surface area (Å²) in [6.45, 7) is 9.54. The highest BCUT2D eigenvalue weighted by Crippen LogP contribution is 2.15. The lowest BCUT2D eigenvalue weighted by atomic mass is 10.0. The summed E-state index contributed by atoms with van der Waals surface area (Å²) in [6.07, 6.45) is 52.1. The molecule has 2 nitrogen and oxygen atoms in total. The monoisotopic (exact) mass is 621 g/mol. The van der Waals surface area contributed by atoms with Gasteiger partial charge >= 0.3 is 0 Å². The highest BCUT2D eigenvalue weighted by atomic mass is 14.8. The predicted octanol–water partition coefficient (Wildman–Crippen LogP) is 14.2. The Morgan fingerprint density at radius 2 is 0.318 bits per heavy atom. The summed E-state index contributed by atoms with van der Waals surface area (Å²) in [4.78, 5) is 0. The third-order valence-corrected chi connectivity index (χ3v) is 9.87. The average Bonchev–Trinajstić information content (AvgIpc) is 3.04. The molecule has 0 bridgehead atoms. The van der Waals surface area contributed by atoms with Crippen molar-refractivity contribution in [2.45, 2.75) is 245 Å². The van der Waals surface area contributed by atoms with Crippen LogP contribution in [0.1, 0.15) is 245 Å². The Morgan fingerprint density at radius 3 is 0.477 bits per heavy atom. The van der Waals surface area contributed by atoms with Crippen molar-refractivity contribution in [1.82, 2.24) is 10.6 Å². The molecule has 0 fully saturated rings. The number of hydrogen-bond donors (Lipinski definition) is 2. The van der Waals surface area contributed by atoms with Crippen LogP contribution in [0.4, 0.5) is 0 Å². The lowest BCUT2D eigenvalue weighted by Gasteiger charge is -2.07. The van der Waals surface area contributed by atoms with Crippen LogP contribution in [0.3, 0.4) is 0 Å². The van der Waals surface area contributed by atoms with Crippen molar-refractivity contribution in [1.29, 1.82) is 0 Å². The lowest BCUT2D eigenvalue weighted by Crippen LogP contribution is -2.17. The van der Waals surface area contributed by atoms with E-state index < -0.39 is 0 Å². The molecule has 2 N–H and O–H groups in total. The minimum atomic E-state index is 1.23. The summed E-state index contributed by atoms with van der Waals surface area (Å²) in [5.74, 6) is 0. The Hall–Kier alpha value is -0.0800. The van der Waals surface area contributed by atoms with E-state index >= 15 is 0 Å². The Kier molecular flexibility index (Phi) is 42.8. The van der Waals surface area contributed by atoms with Gasteiger partial charge in [0.1, 0.15) is 0 Å². The summed E-state index contributed by atoms with van der Waals surface area (Å²) in [6, 6.07) is 0. The van der Waals surface area contributed by atoms with Crippen LogP contribution in [0, 0.1) is 0 Å². The number of rotatable bonds is 41. The summed E-state index contributed by atoms with van der Waals surface area (Å²) < 4.78 is 0. The normalized spacial score (nSPS) is 11.6. The van der Waals surface area contributed by atoms with Gasteiger partial charge in [-0.1, -0.05) is 219 Å². The van der Waals surface area contributed by atoms with Gasteiger partial charge in [0.25, 0.3) is 0 Å². The van der Waals surface area contributed by atoms with Gasteiger partial charge in [-0.15, -0.1) is 0 Å². The predicted molar refractivity (Wildman–Crippen MR) is 203 cm³/mol. The van der Waals surface area contributed by atoms with Crippen LogP contribution in [0.2, 0.25) is 0 Å². The van der Waals surface area contributed by atoms with E-state index in [2.05, 4.69) is 24.5 Å². The second-order valence-electron chi connectivity index (χ2n) is 14.5. The van der Waals surface area contributed by atoms with Gasteiger partial charge in [0, 0.05) is 0 Å². The van der Waals surface area contributed by atoms with Gasteiger partial charge in [0.2, 0.25) is 0 Å². The quantitative estimate of drug-likeness (QED) is 0.0664. The molecule has 0 aliphatic carbocycles. The number of unbranched alkanes of at least 4 members (excludes halogenated alkanes) is 33. The van der Waals surface area contributed by atoms with Crippen molar-refractivity contribution >= 4 is 0 Å².